The van der Waals surface area contributed by atoms with Gasteiger partial charge in [0.25, 0.3) is 10.0 Å². The molecular formula is C10H17BrN4O2S. The summed E-state index contributed by atoms with van der Waals surface area (Å²) in [6.45, 7) is 0.569. The van der Waals surface area contributed by atoms with E-state index in [-0.39, 0.29) is 9.63 Å². The van der Waals surface area contributed by atoms with E-state index in [4.69, 9.17) is 0 Å². The fourth-order valence-electron chi connectivity index (χ4n) is 2.40. The second kappa shape index (κ2) is 5.26. The van der Waals surface area contributed by atoms with Gasteiger partial charge in [-0.25, -0.2) is 13.1 Å². The SMILES string of the molecule is CN(CC1CCCC1)S(=O)(=O)c1c(Br)nnn1C. The Hall–Kier alpha value is -0.470. The van der Waals surface area contributed by atoms with Gasteiger partial charge in [0, 0.05) is 20.6 Å². The molecule has 18 heavy (non-hydrogen) atoms. The van der Waals surface area contributed by atoms with Gasteiger partial charge in [-0.2, -0.15) is 4.31 Å². The fourth-order valence-corrected chi connectivity index (χ4v) is 4.67. The van der Waals surface area contributed by atoms with Crippen LogP contribution in [0.1, 0.15) is 25.7 Å². The molecule has 0 atom stereocenters. The van der Waals surface area contributed by atoms with Crippen molar-refractivity contribution < 1.29 is 8.42 Å². The third kappa shape index (κ3) is 2.60. The molecule has 6 nitrogen and oxygen atoms in total. The van der Waals surface area contributed by atoms with Gasteiger partial charge in [0.15, 0.2) is 4.60 Å². The molecular weight excluding hydrogens is 320 g/mol. The summed E-state index contributed by atoms with van der Waals surface area (Å²) >= 11 is 3.13. The summed E-state index contributed by atoms with van der Waals surface area (Å²) in [7, 11) is -0.324. The number of hydrogen-bond acceptors (Lipinski definition) is 4. The van der Waals surface area contributed by atoms with Gasteiger partial charge >= 0.3 is 0 Å². The van der Waals surface area contributed by atoms with Crippen molar-refractivity contribution in [3.05, 3.63) is 4.60 Å². The highest BCUT2D eigenvalue weighted by Gasteiger charge is 2.30. The van der Waals surface area contributed by atoms with Gasteiger partial charge in [-0.15, -0.1) is 5.10 Å². The van der Waals surface area contributed by atoms with Crippen LogP contribution in [-0.2, 0) is 17.1 Å². The summed E-state index contributed by atoms with van der Waals surface area (Å²) in [5, 5.41) is 7.54. The summed E-state index contributed by atoms with van der Waals surface area (Å²) in [6.07, 6.45) is 4.64. The lowest BCUT2D eigenvalue weighted by Gasteiger charge is -2.20. The largest absolute Gasteiger partial charge is 0.262 e. The van der Waals surface area contributed by atoms with E-state index >= 15 is 0 Å². The number of aromatic nitrogens is 3. The first-order valence-corrected chi connectivity index (χ1v) is 8.17. The molecule has 2 rings (SSSR count). The monoisotopic (exact) mass is 336 g/mol. The fraction of sp³-hybridized carbons (Fsp3) is 0.800. The Morgan fingerprint density at radius 3 is 2.56 bits per heavy atom. The molecule has 0 amide bonds. The molecule has 1 aliphatic rings. The molecule has 8 heteroatoms. The Kier molecular flexibility index (Phi) is 4.08. The minimum absolute atomic E-state index is 0.114. The predicted molar refractivity (Wildman–Crippen MR) is 70.5 cm³/mol. The summed E-state index contributed by atoms with van der Waals surface area (Å²) in [4.78, 5) is 0. The second-order valence-electron chi connectivity index (χ2n) is 4.75. The number of nitrogens with zero attached hydrogens (tertiary/aromatic N) is 4. The molecule has 0 saturated heterocycles. The summed E-state index contributed by atoms with van der Waals surface area (Å²) in [6, 6.07) is 0. The highest BCUT2D eigenvalue weighted by Crippen LogP contribution is 2.28. The molecule has 0 spiro atoms. The van der Waals surface area contributed by atoms with Crippen LogP contribution in [0.4, 0.5) is 0 Å². The Morgan fingerprint density at radius 1 is 1.44 bits per heavy atom. The van der Waals surface area contributed by atoms with Crippen LogP contribution in [0.3, 0.4) is 0 Å². The topological polar surface area (TPSA) is 68.1 Å². The molecule has 1 aromatic heterocycles. The first kappa shape index (κ1) is 14.0. The van der Waals surface area contributed by atoms with E-state index in [1.54, 1.807) is 14.1 Å². The van der Waals surface area contributed by atoms with E-state index in [2.05, 4.69) is 26.2 Å². The van der Waals surface area contributed by atoms with E-state index < -0.39 is 10.0 Å². The second-order valence-corrected chi connectivity index (χ2v) is 7.46. The zero-order chi connectivity index (χ0) is 13.3. The number of halogens is 1. The lowest BCUT2D eigenvalue weighted by atomic mass is 10.1. The Morgan fingerprint density at radius 2 is 2.06 bits per heavy atom. The van der Waals surface area contributed by atoms with Gasteiger partial charge < -0.3 is 0 Å². The van der Waals surface area contributed by atoms with Crippen molar-refractivity contribution in [2.75, 3.05) is 13.6 Å². The van der Waals surface area contributed by atoms with Crippen LogP contribution in [0.25, 0.3) is 0 Å². The third-order valence-corrected chi connectivity index (χ3v) is 6.09. The maximum absolute atomic E-state index is 12.4. The average molecular weight is 337 g/mol. The number of rotatable bonds is 4. The minimum Gasteiger partial charge on any atom is -0.235 e. The van der Waals surface area contributed by atoms with Gasteiger partial charge in [-0.1, -0.05) is 18.1 Å². The molecule has 0 bridgehead atoms. The van der Waals surface area contributed by atoms with Crippen molar-refractivity contribution in [1.29, 1.82) is 0 Å². The molecule has 102 valence electrons. The molecule has 1 aliphatic carbocycles. The molecule has 1 heterocycles. The van der Waals surface area contributed by atoms with Crippen molar-refractivity contribution in [2.45, 2.75) is 30.7 Å². The van der Waals surface area contributed by atoms with E-state index in [0.29, 0.717) is 12.5 Å². The van der Waals surface area contributed by atoms with Gasteiger partial charge in [0.05, 0.1) is 0 Å². The first-order valence-electron chi connectivity index (χ1n) is 5.94. The molecule has 0 N–H and O–H groups in total. The smallest absolute Gasteiger partial charge is 0.235 e. The zero-order valence-corrected chi connectivity index (χ0v) is 12.9. The van der Waals surface area contributed by atoms with E-state index in [1.807, 2.05) is 0 Å². The Labute approximate surface area is 116 Å². The number of sulfonamides is 1. The molecule has 0 unspecified atom stereocenters. The normalized spacial score (nSPS) is 17.8. The summed E-state index contributed by atoms with van der Waals surface area (Å²) in [5.41, 5.74) is 0. The van der Waals surface area contributed by atoms with Crippen molar-refractivity contribution >= 4 is 26.0 Å². The van der Waals surface area contributed by atoms with E-state index in [9.17, 15) is 8.42 Å². The molecule has 1 fully saturated rings. The quantitative estimate of drug-likeness (QED) is 0.833. The number of hydrogen-bond donors (Lipinski definition) is 0. The van der Waals surface area contributed by atoms with Crippen LogP contribution >= 0.6 is 15.9 Å². The van der Waals surface area contributed by atoms with Crippen LogP contribution in [-0.4, -0.2) is 41.3 Å². The van der Waals surface area contributed by atoms with Crippen molar-refractivity contribution in [2.24, 2.45) is 13.0 Å². The van der Waals surface area contributed by atoms with Gasteiger partial charge in [0.2, 0.25) is 5.03 Å². The third-order valence-electron chi connectivity index (χ3n) is 3.38. The van der Waals surface area contributed by atoms with Crippen LogP contribution in [0.15, 0.2) is 9.63 Å². The van der Waals surface area contributed by atoms with Gasteiger partial charge in [0.1, 0.15) is 0 Å². The zero-order valence-electron chi connectivity index (χ0n) is 10.5. The molecule has 0 aliphatic heterocycles. The summed E-state index contributed by atoms with van der Waals surface area (Å²) in [5.74, 6) is 0.477. The van der Waals surface area contributed by atoms with E-state index in [0.717, 1.165) is 12.8 Å². The predicted octanol–water partition coefficient (Wildman–Crippen LogP) is 1.39. The highest BCUT2D eigenvalue weighted by molar-refractivity contribution is 9.10. The molecule has 1 saturated carbocycles. The summed E-state index contributed by atoms with van der Waals surface area (Å²) < 4.78 is 27.8. The van der Waals surface area contributed by atoms with Crippen LogP contribution in [0.5, 0.6) is 0 Å². The molecule has 0 aromatic carbocycles. The van der Waals surface area contributed by atoms with Gasteiger partial charge in [-0.3, -0.25) is 0 Å². The highest BCUT2D eigenvalue weighted by atomic mass is 79.9. The Balaban J connectivity index is 2.20. The lowest BCUT2D eigenvalue weighted by Crippen LogP contribution is -2.32. The van der Waals surface area contributed by atoms with Crippen molar-refractivity contribution in [3.63, 3.8) is 0 Å². The van der Waals surface area contributed by atoms with Crippen molar-refractivity contribution in [1.82, 2.24) is 19.3 Å². The van der Waals surface area contributed by atoms with Crippen LogP contribution in [0, 0.1) is 5.92 Å². The molecule has 0 radical (unpaired) electrons. The average Bonchev–Trinajstić information content (AvgIpc) is 2.89. The minimum atomic E-state index is -3.52. The first-order chi connectivity index (χ1) is 8.43. The Bertz CT molecular complexity index is 502. The van der Waals surface area contributed by atoms with Crippen LogP contribution < -0.4 is 0 Å². The molecule has 1 aromatic rings. The lowest BCUT2D eigenvalue weighted by molar-refractivity contribution is 0.383. The maximum Gasteiger partial charge on any atom is 0.262 e. The van der Waals surface area contributed by atoms with E-state index in [1.165, 1.54) is 21.8 Å². The van der Waals surface area contributed by atoms with Crippen molar-refractivity contribution in [3.8, 4) is 0 Å². The van der Waals surface area contributed by atoms with Crippen LogP contribution in [0.2, 0.25) is 0 Å². The van der Waals surface area contributed by atoms with Gasteiger partial charge in [-0.05, 0) is 34.7 Å². The maximum atomic E-state index is 12.4. The number of aryl methyl sites for hydroxylation is 1. The standard InChI is InChI=1S/C10H17BrN4O2S/c1-14(7-8-5-3-4-6-8)18(16,17)10-9(11)12-13-15(10)2/h8H,3-7H2,1-2H3.